The molecule has 0 spiro atoms. The van der Waals surface area contributed by atoms with Gasteiger partial charge in [0.05, 0.1) is 0 Å². The minimum atomic E-state index is -0.255. The third-order valence-electron chi connectivity index (χ3n) is 2.28. The standard InChI is InChI=1S/C10H16N2/c1-3-10(2,12)8-5-4-6-9(11)7-8/h4-7H,3,11-12H2,1-2H3/t10-/m1/s1. The second kappa shape index (κ2) is 3.15. The lowest BCUT2D eigenvalue weighted by Crippen LogP contribution is -2.31. The Morgan fingerprint density at radius 2 is 2.08 bits per heavy atom. The highest BCUT2D eigenvalue weighted by Crippen LogP contribution is 2.22. The van der Waals surface area contributed by atoms with Crippen LogP contribution in [0, 0.1) is 0 Å². The van der Waals surface area contributed by atoms with Gasteiger partial charge in [-0.15, -0.1) is 0 Å². The molecule has 0 saturated heterocycles. The largest absolute Gasteiger partial charge is 0.399 e. The lowest BCUT2D eigenvalue weighted by molar-refractivity contribution is 0.477. The first-order chi connectivity index (χ1) is 5.56. The summed E-state index contributed by atoms with van der Waals surface area (Å²) < 4.78 is 0. The van der Waals surface area contributed by atoms with E-state index >= 15 is 0 Å². The van der Waals surface area contributed by atoms with Gasteiger partial charge in [-0.25, -0.2) is 0 Å². The maximum Gasteiger partial charge on any atom is 0.0379 e. The van der Waals surface area contributed by atoms with Crippen LogP contribution in [-0.4, -0.2) is 0 Å². The topological polar surface area (TPSA) is 52.0 Å². The molecule has 0 saturated carbocycles. The Kier molecular flexibility index (Phi) is 2.38. The van der Waals surface area contributed by atoms with Crippen molar-refractivity contribution >= 4 is 5.69 Å². The van der Waals surface area contributed by atoms with Crippen molar-refractivity contribution in [3.05, 3.63) is 29.8 Å². The summed E-state index contributed by atoms with van der Waals surface area (Å²) in [7, 11) is 0. The maximum absolute atomic E-state index is 6.05. The zero-order valence-electron chi connectivity index (χ0n) is 7.67. The number of nitrogen functional groups attached to an aromatic ring is 1. The van der Waals surface area contributed by atoms with E-state index in [1.165, 1.54) is 0 Å². The molecule has 1 aromatic rings. The van der Waals surface area contributed by atoms with E-state index in [9.17, 15) is 0 Å². The van der Waals surface area contributed by atoms with Gasteiger partial charge < -0.3 is 11.5 Å². The van der Waals surface area contributed by atoms with E-state index in [1.807, 2.05) is 31.2 Å². The lowest BCUT2D eigenvalue weighted by Gasteiger charge is -2.23. The molecule has 1 aromatic carbocycles. The van der Waals surface area contributed by atoms with Gasteiger partial charge in [0.1, 0.15) is 0 Å². The molecule has 2 heteroatoms. The van der Waals surface area contributed by atoms with Crippen molar-refractivity contribution in [1.82, 2.24) is 0 Å². The number of nitrogens with two attached hydrogens (primary N) is 2. The average molecular weight is 164 g/mol. The molecule has 0 aliphatic carbocycles. The first kappa shape index (κ1) is 9.07. The van der Waals surface area contributed by atoms with Crippen LogP contribution in [0.25, 0.3) is 0 Å². The molecule has 0 aliphatic heterocycles. The third-order valence-corrected chi connectivity index (χ3v) is 2.28. The molecule has 1 rings (SSSR count). The molecular formula is C10H16N2. The van der Waals surface area contributed by atoms with Crippen molar-refractivity contribution in [2.75, 3.05) is 5.73 Å². The molecule has 4 N–H and O–H groups in total. The minimum absolute atomic E-state index is 0.255. The molecule has 2 nitrogen and oxygen atoms in total. The van der Waals surface area contributed by atoms with Gasteiger partial charge in [0, 0.05) is 11.2 Å². The van der Waals surface area contributed by atoms with Crippen LogP contribution in [0.2, 0.25) is 0 Å². The van der Waals surface area contributed by atoms with Gasteiger partial charge in [-0.3, -0.25) is 0 Å². The fourth-order valence-electron chi connectivity index (χ4n) is 1.10. The zero-order chi connectivity index (χ0) is 9.19. The van der Waals surface area contributed by atoms with Crippen LogP contribution in [0.3, 0.4) is 0 Å². The molecule has 0 unspecified atom stereocenters. The van der Waals surface area contributed by atoms with Gasteiger partial charge in [-0.1, -0.05) is 19.1 Å². The second-order valence-corrected chi connectivity index (χ2v) is 3.40. The van der Waals surface area contributed by atoms with E-state index in [-0.39, 0.29) is 5.54 Å². The predicted molar refractivity (Wildman–Crippen MR) is 52.7 cm³/mol. The molecule has 0 bridgehead atoms. The van der Waals surface area contributed by atoms with E-state index in [1.54, 1.807) is 0 Å². The lowest BCUT2D eigenvalue weighted by atomic mass is 9.90. The predicted octanol–water partition coefficient (Wildman–Crippen LogP) is 1.85. The van der Waals surface area contributed by atoms with Crippen molar-refractivity contribution in [3.8, 4) is 0 Å². The molecule has 0 fully saturated rings. The molecule has 0 radical (unpaired) electrons. The second-order valence-electron chi connectivity index (χ2n) is 3.40. The SMILES string of the molecule is CC[C@@](C)(N)c1cccc(N)c1. The van der Waals surface area contributed by atoms with Crippen LogP contribution in [0.15, 0.2) is 24.3 Å². The quantitative estimate of drug-likeness (QED) is 0.655. The van der Waals surface area contributed by atoms with Crippen LogP contribution in [0.4, 0.5) is 5.69 Å². The van der Waals surface area contributed by atoms with E-state index < -0.39 is 0 Å². The van der Waals surface area contributed by atoms with Crippen molar-refractivity contribution in [3.63, 3.8) is 0 Å². The molecule has 0 amide bonds. The van der Waals surface area contributed by atoms with Gasteiger partial charge in [0.15, 0.2) is 0 Å². The Hall–Kier alpha value is -1.02. The Morgan fingerprint density at radius 3 is 2.58 bits per heavy atom. The van der Waals surface area contributed by atoms with Crippen molar-refractivity contribution < 1.29 is 0 Å². The number of hydrogen-bond acceptors (Lipinski definition) is 2. The highest BCUT2D eigenvalue weighted by atomic mass is 14.7. The number of anilines is 1. The zero-order valence-corrected chi connectivity index (χ0v) is 7.67. The van der Waals surface area contributed by atoms with Crippen LogP contribution in [0.1, 0.15) is 25.8 Å². The first-order valence-corrected chi connectivity index (χ1v) is 4.21. The van der Waals surface area contributed by atoms with Crippen molar-refractivity contribution in [1.29, 1.82) is 0 Å². The number of hydrogen-bond donors (Lipinski definition) is 2. The third kappa shape index (κ3) is 1.77. The number of rotatable bonds is 2. The summed E-state index contributed by atoms with van der Waals surface area (Å²) in [4.78, 5) is 0. The first-order valence-electron chi connectivity index (χ1n) is 4.21. The minimum Gasteiger partial charge on any atom is -0.399 e. The van der Waals surface area contributed by atoms with E-state index in [0.717, 1.165) is 17.7 Å². The smallest absolute Gasteiger partial charge is 0.0379 e. The molecule has 12 heavy (non-hydrogen) atoms. The molecule has 0 aromatic heterocycles. The van der Waals surface area contributed by atoms with Gasteiger partial charge in [0.25, 0.3) is 0 Å². The highest BCUT2D eigenvalue weighted by Gasteiger charge is 2.17. The monoisotopic (exact) mass is 164 g/mol. The Balaban J connectivity index is 3.03. The number of benzene rings is 1. The maximum atomic E-state index is 6.05. The highest BCUT2D eigenvalue weighted by molar-refractivity contribution is 5.42. The van der Waals surface area contributed by atoms with Crippen LogP contribution in [0.5, 0.6) is 0 Å². The van der Waals surface area contributed by atoms with Crippen LogP contribution >= 0.6 is 0 Å². The summed E-state index contributed by atoms with van der Waals surface area (Å²) in [5, 5.41) is 0. The Bertz CT molecular complexity index is 266. The Labute approximate surface area is 73.6 Å². The normalized spacial score (nSPS) is 15.6. The van der Waals surface area contributed by atoms with E-state index in [4.69, 9.17) is 11.5 Å². The van der Waals surface area contributed by atoms with E-state index in [0.29, 0.717) is 0 Å². The van der Waals surface area contributed by atoms with Gasteiger partial charge in [-0.05, 0) is 31.0 Å². The van der Waals surface area contributed by atoms with E-state index in [2.05, 4.69) is 6.92 Å². The molecule has 1 atom stereocenters. The molecule has 66 valence electrons. The Morgan fingerprint density at radius 1 is 1.42 bits per heavy atom. The molecular weight excluding hydrogens is 148 g/mol. The summed E-state index contributed by atoms with van der Waals surface area (Å²) in [6.07, 6.45) is 0.913. The van der Waals surface area contributed by atoms with Crippen molar-refractivity contribution in [2.45, 2.75) is 25.8 Å². The summed E-state index contributed by atoms with van der Waals surface area (Å²) in [6, 6.07) is 7.75. The summed E-state index contributed by atoms with van der Waals surface area (Å²) in [5.41, 5.74) is 13.3. The summed E-state index contributed by atoms with van der Waals surface area (Å²) >= 11 is 0. The van der Waals surface area contributed by atoms with Crippen molar-refractivity contribution in [2.24, 2.45) is 5.73 Å². The van der Waals surface area contributed by atoms with Gasteiger partial charge in [-0.2, -0.15) is 0 Å². The molecule has 0 aliphatic rings. The van der Waals surface area contributed by atoms with Gasteiger partial charge in [0.2, 0.25) is 0 Å². The summed E-state index contributed by atoms with van der Waals surface area (Å²) in [6.45, 7) is 4.09. The summed E-state index contributed by atoms with van der Waals surface area (Å²) in [5.74, 6) is 0. The average Bonchev–Trinajstić information content (AvgIpc) is 2.05. The fraction of sp³-hybridized carbons (Fsp3) is 0.400. The van der Waals surface area contributed by atoms with Crippen LogP contribution in [-0.2, 0) is 5.54 Å². The fourth-order valence-corrected chi connectivity index (χ4v) is 1.10. The molecule has 0 heterocycles. The van der Waals surface area contributed by atoms with Crippen LogP contribution < -0.4 is 11.5 Å². The van der Waals surface area contributed by atoms with Gasteiger partial charge >= 0.3 is 0 Å².